The largest absolute Gasteiger partial charge is 0.380 e. The van der Waals surface area contributed by atoms with Crippen molar-refractivity contribution in [2.75, 3.05) is 13.2 Å². The average Bonchev–Trinajstić information content (AvgIpc) is 2.61. The standard InChI is InChI=1S/C8H14F2N4O/c1-2-15-4-3-14-7(8(9)10)6(5-11)12-13-14/h8H,2-5,11H2,1H3. The molecule has 5 nitrogen and oxygen atoms in total. The van der Waals surface area contributed by atoms with Gasteiger partial charge in [0.1, 0.15) is 11.4 Å². The minimum atomic E-state index is -2.61. The van der Waals surface area contributed by atoms with E-state index < -0.39 is 6.43 Å². The van der Waals surface area contributed by atoms with Gasteiger partial charge in [0, 0.05) is 13.2 Å². The van der Waals surface area contributed by atoms with E-state index in [0.717, 1.165) is 4.68 Å². The molecule has 1 rings (SSSR count). The quantitative estimate of drug-likeness (QED) is 0.717. The maximum atomic E-state index is 12.6. The molecule has 0 aliphatic rings. The average molecular weight is 220 g/mol. The lowest BCUT2D eigenvalue weighted by Crippen LogP contribution is -2.12. The number of alkyl halides is 2. The van der Waals surface area contributed by atoms with Crippen LogP contribution in [0.4, 0.5) is 8.78 Å². The van der Waals surface area contributed by atoms with Crippen molar-refractivity contribution in [3.63, 3.8) is 0 Å². The molecule has 1 aromatic rings. The first-order valence-corrected chi connectivity index (χ1v) is 4.68. The molecule has 7 heteroatoms. The van der Waals surface area contributed by atoms with Crippen LogP contribution in [0.5, 0.6) is 0 Å². The number of ether oxygens (including phenoxy) is 1. The Hall–Kier alpha value is -1.08. The van der Waals surface area contributed by atoms with Crippen molar-refractivity contribution in [1.82, 2.24) is 15.0 Å². The fourth-order valence-corrected chi connectivity index (χ4v) is 1.20. The molecule has 0 bridgehead atoms. The Balaban J connectivity index is 2.73. The van der Waals surface area contributed by atoms with Crippen LogP contribution in [-0.2, 0) is 17.8 Å². The van der Waals surface area contributed by atoms with Gasteiger partial charge in [-0.05, 0) is 6.92 Å². The highest BCUT2D eigenvalue weighted by Gasteiger charge is 2.20. The predicted molar refractivity (Wildman–Crippen MR) is 49.4 cm³/mol. The lowest BCUT2D eigenvalue weighted by Gasteiger charge is -2.06. The van der Waals surface area contributed by atoms with Crippen LogP contribution in [-0.4, -0.2) is 28.2 Å². The normalized spacial score (nSPS) is 11.3. The van der Waals surface area contributed by atoms with Gasteiger partial charge in [-0.2, -0.15) is 0 Å². The lowest BCUT2D eigenvalue weighted by atomic mass is 10.3. The third-order valence-corrected chi connectivity index (χ3v) is 1.90. The maximum Gasteiger partial charge on any atom is 0.281 e. The summed E-state index contributed by atoms with van der Waals surface area (Å²) < 4.78 is 31.4. The highest BCUT2D eigenvalue weighted by Crippen LogP contribution is 2.20. The van der Waals surface area contributed by atoms with Gasteiger partial charge in [-0.3, -0.25) is 0 Å². The van der Waals surface area contributed by atoms with Crippen LogP contribution >= 0.6 is 0 Å². The Kier molecular flexibility index (Phi) is 4.57. The lowest BCUT2D eigenvalue weighted by molar-refractivity contribution is 0.117. The first kappa shape index (κ1) is 12.0. The summed E-state index contributed by atoms with van der Waals surface area (Å²) in [6.45, 7) is 2.95. The topological polar surface area (TPSA) is 66.0 Å². The molecule has 86 valence electrons. The molecule has 0 fully saturated rings. The van der Waals surface area contributed by atoms with Gasteiger partial charge in [0.05, 0.1) is 13.2 Å². The molecule has 15 heavy (non-hydrogen) atoms. The number of hydrogen-bond donors (Lipinski definition) is 1. The van der Waals surface area contributed by atoms with Crippen LogP contribution in [0.1, 0.15) is 24.7 Å². The molecule has 0 aliphatic carbocycles. The second-order valence-electron chi connectivity index (χ2n) is 2.85. The predicted octanol–water partition coefficient (Wildman–Crippen LogP) is 0.711. The van der Waals surface area contributed by atoms with E-state index in [-0.39, 0.29) is 24.5 Å². The first-order chi connectivity index (χ1) is 7.20. The monoisotopic (exact) mass is 220 g/mol. The highest BCUT2D eigenvalue weighted by atomic mass is 19.3. The molecule has 0 atom stereocenters. The molecule has 0 unspecified atom stereocenters. The number of rotatable bonds is 6. The van der Waals surface area contributed by atoms with Gasteiger partial charge in [-0.1, -0.05) is 5.21 Å². The van der Waals surface area contributed by atoms with Gasteiger partial charge in [0.2, 0.25) is 0 Å². The van der Waals surface area contributed by atoms with E-state index in [1.807, 2.05) is 6.92 Å². The van der Waals surface area contributed by atoms with Crippen molar-refractivity contribution in [3.05, 3.63) is 11.4 Å². The van der Waals surface area contributed by atoms with Gasteiger partial charge in [0.15, 0.2) is 0 Å². The second-order valence-corrected chi connectivity index (χ2v) is 2.85. The summed E-state index contributed by atoms with van der Waals surface area (Å²) in [6, 6.07) is 0. The maximum absolute atomic E-state index is 12.6. The Labute approximate surface area is 86.2 Å². The smallest absolute Gasteiger partial charge is 0.281 e. The van der Waals surface area contributed by atoms with Crippen molar-refractivity contribution < 1.29 is 13.5 Å². The Morgan fingerprint density at radius 1 is 1.53 bits per heavy atom. The van der Waals surface area contributed by atoms with E-state index in [4.69, 9.17) is 10.5 Å². The minimum absolute atomic E-state index is 0.0334. The molecule has 0 radical (unpaired) electrons. The molecular formula is C8H14F2N4O. The van der Waals surface area contributed by atoms with E-state index in [9.17, 15) is 8.78 Å². The van der Waals surface area contributed by atoms with Crippen molar-refractivity contribution in [2.24, 2.45) is 5.73 Å². The molecule has 1 aromatic heterocycles. The summed E-state index contributed by atoms with van der Waals surface area (Å²) in [5.41, 5.74) is 5.21. The van der Waals surface area contributed by atoms with Gasteiger partial charge < -0.3 is 10.5 Å². The van der Waals surface area contributed by atoms with E-state index in [0.29, 0.717) is 13.2 Å². The SMILES string of the molecule is CCOCCn1nnc(CN)c1C(F)F. The van der Waals surface area contributed by atoms with Crippen molar-refractivity contribution in [2.45, 2.75) is 26.4 Å². The zero-order valence-corrected chi connectivity index (χ0v) is 8.49. The van der Waals surface area contributed by atoms with Crippen LogP contribution < -0.4 is 5.73 Å². The first-order valence-electron chi connectivity index (χ1n) is 4.68. The minimum Gasteiger partial charge on any atom is -0.380 e. The third-order valence-electron chi connectivity index (χ3n) is 1.90. The zero-order valence-electron chi connectivity index (χ0n) is 8.49. The summed E-state index contributed by atoms with van der Waals surface area (Å²) in [5.74, 6) is 0. The summed E-state index contributed by atoms with van der Waals surface area (Å²) in [5, 5.41) is 7.19. The molecule has 0 aliphatic heterocycles. The van der Waals surface area contributed by atoms with Crippen LogP contribution in [0, 0.1) is 0 Å². The van der Waals surface area contributed by atoms with Crippen molar-refractivity contribution in [3.8, 4) is 0 Å². The molecule has 2 N–H and O–H groups in total. The Morgan fingerprint density at radius 3 is 2.80 bits per heavy atom. The molecule has 0 saturated heterocycles. The molecule has 0 amide bonds. The number of halogens is 2. The van der Waals surface area contributed by atoms with E-state index in [1.165, 1.54) is 0 Å². The fourth-order valence-electron chi connectivity index (χ4n) is 1.20. The number of nitrogens with two attached hydrogens (primary N) is 1. The van der Waals surface area contributed by atoms with Gasteiger partial charge >= 0.3 is 0 Å². The summed E-state index contributed by atoms with van der Waals surface area (Å²) in [6.07, 6.45) is -2.61. The summed E-state index contributed by atoms with van der Waals surface area (Å²) in [7, 11) is 0. The number of aromatic nitrogens is 3. The van der Waals surface area contributed by atoms with E-state index in [2.05, 4.69) is 10.3 Å². The fraction of sp³-hybridized carbons (Fsp3) is 0.750. The second kappa shape index (κ2) is 5.72. The van der Waals surface area contributed by atoms with E-state index in [1.54, 1.807) is 0 Å². The van der Waals surface area contributed by atoms with Gasteiger partial charge in [0.25, 0.3) is 6.43 Å². The Morgan fingerprint density at radius 2 is 2.27 bits per heavy atom. The molecule has 0 aromatic carbocycles. The highest BCUT2D eigenvalue weighted by molar-refractivity contribution is 5.11. The van der Waals surface area contributed by atoms with Crippen LogP contribution in [0.3, 0.4) is 0 Å². The third kappa shape index (κ3) is 2.93. The summed E-state index contributed by atoms with van der Waals surface area (Å²) in [4.78, 5) is 0. The van der Waals surface area contributed by atoms with Crippen LogP contribution in [0.2, 0.25) is 0 Å². The molecule has 1 heterocycles. The van der Waals surface area contributed by atoms with Crippen molar-refractivity contribution in [1.29, 1.82) is 0 Å². The van der Waals surface area contributed by atoms with Gasteiger partial charge in [-0.15, -0.1) is 5.10 Å². The van der Waals surface area contributed by atoms with Crippen LogP contribution in [0.25, 0.3) is 0 Å². The van der Waals surface area contributed by atoms with Crippen LogP contribution in [0.15, 0.2) is 0 Å². The molecular weight excluding hydrogens is 206 g/mol. The van der Waals surface area contributed by atoms with E-state index >= 15 is 0 Å². The zero-order chi connectivity index (χ0) is 11.3. The summed E-state index contributed by atoms with van der Waals surface area (Å²) >= 11 is 0. The number of nitrogens with zero attached hydrogens (tertiary/aromatic N) is 3. The molecule has 0 spiro atoms. The van der Waals surface area contributed by atoms with Gasteiger partial charge in [-0.25, -0.2) is 13.5 Å². The number of hydrogen-bond acceptors (Lipinski definition) is 4. The molecule has 0 saturated carbocycles. The Bertz CT molecular complexity index is 303. The van der Waals surface area contributed by atoms with Crippen molar-refractivity contribution >= 4 is 0 Å².